The third kappa shape index (κ3) is 11.1. The molecule has 0 heterocycles. The molecule has 7 heteroatoms. The van der Waals surface area contributed by atoms with Gasteiger partial charge in [-0.2, -0.15) is 0 Å². The summed E-state index contributed by atoms with van der Waals surface area (Å²) in [6.07, 6.45) is 12.9. The van der Waals surface area contributed by atoms with Crippen LogP contribution in [0, 0.1) is 11.8 Å². The number of benzene rings is 3. The highest BCUT2D eigenvalue weighted by Gasteiger charge is 2.16. The number of nitrogens with two attached hydrogens (primary N) is 1. The molecule has 0 radical (unpaired) electrons. The molecule has 3 rings (SSSR count). The van der Waals surface area contributed by atoms with E-state index in [-0.39, 0.29) is 4.90 Å². The van der Waals surface area contributed by atoms with Crippen LogP contribution in [0.15, 0.2) is 81.4 Å². The Bertz CT molecular complexity index is 1410. The van der Waals surface area contributed by atoms with Gasteiger partial charge in [0.25, 0.3) is 0 Å². The summed E-state index contributed by atoms with van der Waals surface area (Å²) in [6, 6.07) is 19.4. The second-order valence-electron chi connectivity index (χ2n) is 10.5. The van der Waals surface area contributed by atoms with Gasteiger partial charge in [-0.25, -0.2) is 8.42 Å². The van der Waals surface area contributed by atoms with E-state index in [1.54, 1.807) is 6.07 Å². The van der Waals surface area contributed by atoms with E-state index >= 15 is 0 Å². The molecule has 0 spiro atoms. The van der Waals surface area contributed by atoms with Crippen molar-refractivity contribution in [2.45, 2.75) is 105 Å². The molecule has 0 saturated carbocycles. The van der Waals surface area contributed by atoms with Gasteiger partial charge < -0.3 is 15.0 Å². The van der Waals surface area contributed by atoms with Gasteiger partial charge in [-0.15, -0.1) is 5.92 Å². The van der Waals surface area contributed by atoms with Crippen molar-refractivity contribution in [3.8, 4) is 28.7 Å². The molecular weight excluding hydrogens is 563 g/mol. The summed E-state index contributed by atoms with van der Waals surface area (Å²) < 4.78 is 42.7. The fourth-order valence-corrected chi connectivity index (χ4v) is 6.50. The van der Waals surface area contributed by atoms with Gasteiger partial charge in [0.1, 0.15) is 15.9 Å². The molecule has 0 aliphatic rings. The molecule has 3 aromatic carbocycles. The van der Waals surface area contributed by atoms with E-state index < -0.39 is 16.2 Å². The maximum absolute atomic E-state index is 12.3. The lowest BCUT2D eigenvalue weighted by atomic mass is 9.95. The second kappa shape index (κ2) is 18.0. The van der Waals surface area contributed by atoms with Crippen molar-refractivity contribution in [2.24, 2.45) is 5.73 Å². The van der Waals surface area contributed by atoms with Crippen LogP contribution in [0.4, 0.5) is 0 Å². The standard InChI is InChI=1S/C35H45NO4S2/c1-3-5-7-8-9-10-11-12-13-14-19-33(36)32-18-16-15-17-31(32)28-20-25-34(35(27-28)42(37,38)39)41-30-23-21-29(22-24-30)40-26-6-4-2/h15-18,20-25,27,33H,3-13,26,36H2,1-2H3,(H,37,38,39)/p-1. The van der Waals surface area contributed by atoms with Gasteiger partial charge in [0.05, 0.1) is 17.5 Å². The minimum absolute atomic E-state index is 0.252. The highest BCUT2D eigenvalue weighted by Crippen LogP contribution is 2.37. The van der Waals surface area contributed by atoms with Crippen molar-refractivity contribution in [1.82, 2.24) is 0 Å². The second-order valence-corrected chi connectivity index (χ2v) is 13.0. The average molecular weight is 607 g/mol. The van der Waals surface area contributed by atoms with E-state index in [0.717, 1.165) is 47.5 Å². The Morgan fingerprint density at radius 1 is 0.857 bits per heavy atom. The smallest absolute Gasteiger partial charge is 0.125 e. The monoisotopic (exact) mass is 606 g/mol. The third-order valence-electron chi connectivity index (χ3n) is 7.05. The Hall–Kier alpha value is -2.76. The summed E-state index contributed by atoms with van der Waals surface area (Å²) >= 11 is 1.23. The van der Waals surface area contributed by atoms with E-state index in [1.165, 1.54) is 62.8 Å². The lowest BCUT2D eigenvalue weighted by Gasteiger charge is -2.17. The highest BCUT2D eigenvalue weighted by molar-refractivity contribution is 8.00. The Labute approximate surface area is 257 Å². The molecule has 1 unspecified atom stereocenters. The molecule has 2 N–H and O–H groups in total. The molecule has 0 fully saturated rings. The van der Waals surface area contributed by atoms with Crippen molar-refractivity contribution in [3.63, 3.8) is 0 Å². The van der Waals surface area contributed by atoms with Crippen LogP contribution in [0.1, 0.15) is 96.1 Å². The summed E-state index contributed by atoms with van der Waals surface area (Å²) in [5.74, 6) is 7.16. The molecule has 0 bridgehead atoms. The van der Waals surface area contributed by atoms with Crippen LogP contribution in [0.25, 0.3) is 11.1 Å². The number of hydrogen-bond donors (Lipinski definition) is 1. The van der Waals surface area contributed by atoms with Crippen molar-refractivity contribution in [3.05, 3.63) is 72.3 Å². The van der Waals surface area contributed by atoms with Gasteiger partial charge in [-0.1, -0.05) is 113 Å². The van der Waals surface area contributed by atoms with E-state index in [1.807, 2.05) is 54.6 Å². The van der Waals surface area contributed by atoms with E-state index in [9.17, 15) is 13.0 Å². The summed E-state index contributed by atoms with van der Waals surface area (Å²) in [6.45, 7) is 4.99. The van der Waals surface area contributed by atoms with E-state index in [4.69, 9.17) is 10.5 Å². The first-order chi connectivity index (χ1) is 20.3. The number of rotatable bonds is 17. The number of ether oxygens (including phenoxy) is 1. The molecule has 0 aliphatic carbocycles. The summed E-state index contributed by atoms with van der Waals surface area (Å²) in [5, 5.41) is 0. The van der Waals surface area contributed by atoms with E-state index in [2.05, 4.69) is 25.7 Å². The van der Waals surface area contributed by atoms with Crippen molar-refractivity contribution in [1.29, 1.82) is 0 Å². The normalized spacial score (nSPS) is 12.0. The Morgan fingerprint density at radius 3 is 2.21 bits per heavy atom. The van der Waals surface area contributed by atoms with Crippen LogP contribution in [0.2, 0.25) is 0 Å². The Morgan fingerprint density at radius 2 is 1.52 bits per heavy atom. The molecular formula is C35H44NO4S2-. The van der Waals surface area contributed by atoms with Gasteiger partial charge in [0.15, 0.2) is 0 Å². The highest BCUT2D eigenvalue weighted by atomic mass is 32.2. The summed E-state index contributed by atoms with van der Waals surface area (Å²) in [5.41, 5.74) is 8.66. The largest absolute Gasteiger partial charge is 0.744 e. The fraction of sp³-hybridized carbons (Fsp3) is 0.429. The minimum Gasteiger partial charge on any atom is -0.744 e. The molecule has 3 aromatic rings. The Kier molecular flexibility index (Phi) is 14.5. The lowest BCUT2D eigenvalue weighted by Crippen LogP contribution is -2.09. The number of unbranched alkanes of at least 4 members (excludes halogenated alkanes) is 9. The fourth-order valence-electron chi connectivity index (χ4n) is 4.66. The molecule has 0 aliphatic heterocycles. The first kappa shape index (κ1) is 33.7. The molecule has 226 valence electrons. The average Bonchev–Trinajstić information content (AvgIpc) is 2.98. The van der Waals surface area contributed by atoms with Crippen molar-refractivity contribution >= 4 is 21.9 Å². The molecule has 42 heavy (non-hydrogen) atoms. The van der Waals surface area contributed by atoms with Gasteiger partial charge >= 0.3 is 0 Å². The van der Waals surface area contributed by atoms with Crippen molar-refractivity contribution in [2.75, 3.05) is 6.61 Å². The van der Waals surface area contributed by atoms with Crippen molar-refractivity contribution < 1.29 is 17.7 Å². The summed E-state index contributed by atoms with van der Waals surface area (Å²) in [7, 11) is -4.73. The maximum Gasteiger partial charge on any atom is 0.125 e. The quantitative estimate of drug-likeness (QED) is 0.0936. The van der Waals surface area contributed by atoms with Crippen LogP contribution in [0.3, 0.4) is 0 Å². The van der Waals surface area contributed by atoms with Crippen LogP contribution >= 0.6 is 11.8 Å². The molecule has 1 atom stereocenters. The first-order valence-electron chi connectivity index (χ1n) is 15.2. The number of hydrogen-bond acceptors (Lipinski definition) is 6. The minimum atomic E-state index is -4.73. The molecule has 0 saturated heterocycles. The first-order valence-corrected chi connectivity index (χ1v) is 17.4. The van der Waals surface area contributed by atoms with Crippen LogP contribution in [-0.4, -0.2) is 19.6 Å². The van der Waals surface area contributed by atoms with Crippen LogP contribution < -0.4 is 10.5 Å². The third-order valence-corrected chi connectivity index (χ3v) is 9.14. The zero-order valence-electron chi connectivity index (χ0n) is 24.9. The Balaban J connectivity index is 1.71. The van der Waals surface area contributed by atoms with Gasteiger partial charge in [-0.05, 0) is 65.9 Å². The topological polar surface area (TPSA) is 92.5 Å². The van der Waals surface area contributed by atoms with Gasteiger partial charge in [0.2, 0.25) is 0 Å². The van der Waals surface area contributed by atoms with Crippen LogP contribution in [-0.2, 0) is 10.1 Å². The van der Waals surface area contributed by atoms with Gasteiger partial charge in [-0.3, -0.25) is 0 Å². The predicted molar refractivity (Wildman–Crippen MR) is 173 cm³/mol. The molecule has 5 nitrogen and oxygen atoms in total. The molecule has 0 aromatic heterocycles. The lowest BCUT2D eigenvalue weighted by molar-refractivity contribution is 0.309. The molecule has 0 amide bonds. The van der Waals surface area contributed by atoms with E-state index in [0.29, 0.717) is 17.1 Å². The van der Waals surface area contributed by atoms with Gasteiger partial charge in [0, 0.05) is 16.2 Å². The summed E-state index contributed by atoms with van der Waals surface area (Å²) in [4.78, 5) is 0.933. The van der Waals surface area contributed by atoms with Crippen LogP contribution in [0.5, 0.6) is 5.75 Å². The predicted octanol–water partition coefficient (Wildman–Crippen LogP) is 9.12. The zero-order chi connectivity index (χ0) is 30.2. The maximum atomic E-state index is 12.3. The SMILES string of the molecule is CCCCCCCCCCC#CC(N)c1ccccc1-c1ccc(Sc2ccc(OCCCC)cc2)c(S(=O)(=O)[O-])c1. The zero-order valence-corrected chi connectivity index (χ0v) is 26.6.